The predicted molar refractivity (Wildman–Crippen MR) is 161 cm³/mol. The first kappa shape index (κ1) is 30.1. The van der Waals surface area contributed by atoms with Gasteiger partial charge in [-0.1, -0.05) is 39.0 Å². The van der Waals surface area contributed by atoms with E-state index in [0.717, 1.165) is 58.9 Å². The standard InChI is InChI=1S/C16H19NOS.C11H11N3O.C3H10N2/c1-16(2,3)12-4-5-14-10(7-12)6-11-8-13(9-18)19-15(11)17-14;1-14-10(7-8-12-14)11(15)13-9-5-3-2-4-6-9;1-5-3-2-4/h6,8-9,12H,4-5,7H2,1-3H3;2-8H,1H3,(H,13,15);5H,2-4H2,1H3. The van der Waals surface area contributed by atoms with Crippen LogP contribution in [0.2, 0.25) is 0 Å². The summed E-state index contributed by atoms with van der Waals surface area (Å²) in [4.78, 5) is 29.1. The van der Waals surface area contributed by atoms with E-state index < -0.39 is 0 Å². The summed E-state index contributed by atoms with van der Waals surface area (Å²) >= 11 is 1.50. The van der Waals surface area contributed by atoms with Crippen LogP contribution in [0.3, 0.4) is 0 Å². The van der Waals surface area contributed by atoms with Crippen LogP contribution in [0.4, 0.5) is 5.69 Å². The third-order valence-corrected chi connectivity index (χ3v) is 7.68. The molecular formula is C30H40N6O2S. The Bertz CT molecular complexity index is 1360. The van der Waals surface area contributed by atoms with Gasteiger partial charge >= 0.3 is 0 Å². The fourth-order valence-electron chi connectivity index (χ4n) is 4.40. The van der Waals surface area contributed by atoms with Gasteiger partial charge in [-0.15, -0.1) is 11.3 Å². The maximum absolute atomic E-state index is 11.7. The minimum absolute atomic E-state index is 0.152. The van der Waals surface area contributed by atoms with Gasteiger partial charge in [-0.3, -0.25) is 14.3 Å². The summed E-state index contributed by atoms with van der Waals surface area (Å²) in [6.45, 7) is 8.62. The number of carbonyl (C=O) groups is 2. The number of anilines is 1. The number of amides is 1. The molecule has 1 atom stereocenters. The highest BCUT2D eigenvalue weighted by Gasteiger charge is 2.29. The Balaban J connectivity index is 0.000000188. The lowest BCUT2D eigenvalue weighted by molar-refractivity contribution is 0.101. The van der Waals surface area contributed by atoms with E-state index in [1.165, 1.54) is 33.7 Å². The maximum atomic E-state index is 11.7. The molecule has 208 valence electrons. The number of thiophene rings is 1. The van der Waals surface area contributed by atoms with Gasteiger partial charge < -0.3 is 16.4 Å². The van der Waals surface area contributed by atoms with Crippen LogP contribution in [-0.4, -0.2) is 47.1 Å². The number of hydrogen-bond donors (Lipinski definition) is 3. The Morgan fingerprint density at radius 1 is 1.21 bits per heavy atom. The average molecular weight is 549 g/mol. The lowest BCUT2D eigenvalue weighted by atomic mass is 9.71. The van der Waals surface area contributed by atoms with Gasteiger partial charge in [0.05, 0.1) is 4.88 Å². The van der Waals surface area contributed by atoms with Crippen molar-refractivity contribution in [2.45, 2.75) is 40.0 Å². The zero-order chi connectivity index (χ0) is 28.4. The van der Waals surface area contributed by atoms with E-state index in [1.54, 1.807) is 19.3 Å². The van der Waals surface area contributed by atoms with Crippen LogP contribution < -0.4 is 16.4 Å². The van der Waals surface area contributed by atoms with Crippen LogP contribution in [0.5, 0.6) is 0 Å². The zero-order valence-corrected chi connectivity index (χ0v) is 24.3. The molecule has 4 N–H and O–H groups in total. The monoisotopic (exact) mass is 548 g/mol. The summed E-state index contributed by atoms with van der Waals surface area (Å²) in [6, 6.07) is 15.2. The fraction of sp³-hybridized carbons (Fsp3) is 0.400. The number of nitrogens with two attached hydrogens (primary N) is 1. The molecule has 4 aromatic rings. The highest BCUT2D eigenvalue weighted by molar-refractivity contribution is 7.20. The van der Waals surface area contributed by atoms with Crippen molar-refractivity contribution in [3.05, 3.63) is 76.6 Å². The Morgan fingerprint density at radius 3 is 2.51 bits per heavy atom. The first-order chi connectivity index (χ1) is 18.7. The first-order valence-corrected chi connectivity index (χ1v) is 14.0. The Labute approximate surface area is 235 Å². The number of hydrogen-bond acceptors (Lipinski definition) is 7. The second kappa shape index (κ2) is 14.1. The largest absolute Gasteiger partial charge is 0.329 e. The third-order valence-electron chi connectivity index (χ3n) is 6.71. The first-order valence-electron chi connectivity index (χ1n) is 13.2. The topological polar surface area (TPSA) is 115 Å². The molecule has 0 fully saturated rings. The van der Waals surface area contributed by atoms with Gasteiger partial charge in [-0.25, -0.2) is 4.98 Å². The van der Waals surface area contributed by atoms with E-state index in [2.05, 4.69) is 42.6 Å². The minimum Gasteiger partial charge on any atom is -0.329 e. The predicted octanol–water partition coefficient (Wildman–Crippen LogP) is 5.10. The SMILES string of the molecule is CC(C)(C)C1CCc2nc3sc(C=O)cc3cc2C1.CNCCN.Cn1nccc1C(=O)Nc1ccccc1. The molecule has 9 heteroatoms. The molecule has 0 radical (unpaired) electrons. The van der Waals surface area contributed by atoms with Crippen LogP contribution in [0, 0.1) is 11.3 Å². The van der Waals surface area contributed by atoms with Gasteiger partial charge in [0.1, 0.15) is 10.5 Å². The molecule has 1 aliphatic rings. The number of benzene rings is 1. The van der Waals surface area contributed by atoms with Crippen LogP contribution >= 0.6 is 11.3 Å². The Hall–Kier alpha value is -3.40. The number of nitrogens with zero attached hydrogens (tertiary/aromatic N) is 3. The molecule has 3 aromatic heterocycles. The zero-order valence-electron chi connectivity index (χ0n) is 23.5. The summed E-state index contributed by atoms with van der Waals surface area (Å²) in [7, 11) is 3.62. The molecular weight excluding hydrogens is 508 g/mol. The van der Waals surface area contributed by atoms with E-state index in [0.29, 0.717) is 11.1 Å². The molecule has 0 saturated carbocycles. The summed E-state index contributed by atoms with van der Waals surface area (Å²) in [5.41, 5.74) is 9.38. The average Bonchev–Trinajstić information content (AvgIpc) is 3.53. The van der Waals surface area contributed by atoms with Gasteiger partial charge in [-0.2, -0.15) is 5.10 Å². The molecule has 8 nitrogen and oxygen atoms in total. The van der Waals surface area contributed by atoms with E-state index in [4.69, 9.17) is 10.7 Å². The quantitative estimate of drug-likeness (QED) is 0.299. The summed E-state index contributed by atoms with van der Waals surface area (Å²) in [5.74, 6) is 0.574. The molecule has 3 heterocycles. The summed E-state index contributed by atoms with van der Waals surface area (Å²) in [6.07, 6.45) is 5.93. The van der Waals surface area contributed by atoms with Crippen molar-refractivity contribution in [2.24, 2.45) is 24.1 Å². The summed E-state index contributed by atoms with van der Waals surface area (Å²) in [5, 5.41) is 10.7. The van der Waals surface area contributed by atoms with Gasteiger partial charge in [-0.05, 0) is 73.5 Å². The van der Waals surface area contributed by atoms with Gasteiger partial charge in [0, 0.05) is 43.1 Å². The lowest BCUT2D eigenvalue weighted by Crippen LogP contribution is -2.27. The number of pyridine rings is 1. The van der Waals surface area contributed by atoms with Crippen molar-refractivity contribution in [1.29, 1.82) is 0 Å². The molecule has 0 aliphatic heterocycles. The number of aromatic nitrogens is 3. The Kier molecular flexibility index (Phi) is 10.9. The molecule has 0 spiro atoms. The van der Waals surface area contributed by atoms with Crippen LogP contribution in [0.15, 0.2) is 54.7 Å². The molecule has 0 saturated heterocycles. The van der Waals surface area contributed by atoms with Crippen molar-refractivity contribution in [1.82, 2.24) is 20.1 Å². The number of aryl methyl sites for hydroxylation is 2. The second-order valence-electron chi connectivity index (χ2n) is 10.6. The smallest absolute Gasteiger partial charge is 0.273 e. The number of fused-ring (bicyclic) bond motifs is 2. The number of rotatable bonds is 5. The summed E-state index contributed by atoms with van der Waals surface area (Å²) < 4.78 is 1.54. The lowest BCUT2D eigenvalue weighted by Gasteiger charge is -2.34. The second-order valence-corrected chi connectivity index (χ2v) is 11.7. The molecule has 39 heavy (non-hydrogen) atoms. The normalized spacial score (nSPS) is 14.4. The van der Waals surface area contributed by atoms with Crippen molar-refractivity contribution in [3.8, 4) is 0 Å². The van der Waals surface area contributed by atoms with Gasteiger partial charge in [0.25, 0.3) is 5.91 Å². The van der Waals surface area contributed by atoms with E-state index >= 15 is 0 Å². The molecule has 5 rings (SSSR count). The van der Waals surface area contributed by atoms with Crippen molar-refractivity contribution in [2.75, 3.05) is 25.5 Å². The van der Waals surface area contributed by atoms with Gasteiger partial charge in [0.2, 0.25) is 0 Å². The van der Waals surface area contributed by atoms with Crippen LogP contribution in [0.25, 0.3) is 10.2 Å². The maximum Gasteiger partial charge on any atom is 0.273 e. The van der Waals surface area contributed by atoms with Crippen molar-refractivity contribution in [3.63, 3.8) is 0 Å². The molecule has 1 aliphatic carbocycles. The Morgan fingerprint density at radius 2 is 1.95 bits per heavy atom. The van der Waals surface area contributed by atoms with Gasteiger partial charge in [0.15, 0.2) is 6.29 Å². The van der Waals surface area contributed by atoms with E-state index in [9.17, 15) is 9.59 Å². The molecule has 1 amide bonds. The molecule has 1 unspecified atom stereocenters. The number of nitrogens with one attached hydrogen (secondary N) is 2. The highest BCUT2D eigenvalue weighted by atomic mass is 32.1. The van der Waals surface area contributed by atoms with E-state index in [1.807, 2.05) is 43.4 Å². The minimum atomic E-state index is -0.152. The van der Waals surface area contributed by atoms with E-state index in [-0.39, 0.29) is 5.91 Å². The highest BCUT2D eigenvalue weighted by Crippen LogP contribution is 2.38. The number of aldehydes is 1. The number of carbonyl (C=O) groups excluding carboxylic acids is 2. The third kappa shape index (κ3) is 8.54. The number of likely N-dealkylation sites (N-methyl/N-ethyl adjacent to an activating group) is 1. The van der Waals surface area contributed by atoms with Crippen molar-refractivity contribution < 1.29 is 9.59 Å². The van der Waals surface area contributed by atoms with Crippen LogP contribution in [0.1, 0.15) is 58.6 Å². The fourth-order valence-corrected chi connectivity index (χ4v) is 5.25. The van der Waals surface area contributed by atoms with Crippen molar-refractivity contribution >= 4 is 39.4 Å². The molecule has 1 aromatic carbocycles. The number of para-hydroxylation sites is 1. The van der Waals surface area contributed by atoms with Crippen LogP contribution in [-0.2, 0) is 19.9 Å². The molecule has 0 bridgehead atoms.